The van der Waals surface area contributed by atoms with E-state index < -0.39 is 0 Å². The fourth-order valence-electron chi connectivity index (χ4n) is 3.44. The number of aromatic nitrogens is 2. The van der Waals surface area contributed by atoms with Crippen LogP contribution in [0.4, 0.5) is 0 Å². The molecule has 0 radical (unpaired) electrons. The number of aldehydes is 1. The van der Waals surface area contributed by atoms with E-state index >= 15 is 0 Å². The minimum absolute atomic E-state index is 0.409. The van der Waals surface area contributed by atoms with Crippen molar-refractivity contribution in [3.63, 3.8) is 0 Å². The summed E-state index contributed by atoms with van der Waals surface area (Å²) >= 11 is 6.36. The Morgan fingerprint density at radius 3 is 2.33 bits per heavy atom. The van der Waals surface area contributed by atoms with Crippen LogP contribution >= 0.6 is 11.6 Å². The van der Waals surface area contributed by atoms with Gasteiger partial charge in [-0.15, -0.1) is 0 Å². The highest BCUT2D eigenvalue weighted by Gasteiger charge is 2.29. The number of nitrogens with zero attached hydrogens (tertiary/aromatic N) is 2. The van der Waals surface area contributed by atoms with Crippen LogP contribution in [0.5, 0.6) is 0 Å². The second kappa shape index (κ2) is 5.04. The van der Waals surface area contributed by atoms with Crippen LogP contribution in [0.3, 0.4) is 0 Å². The summed E-state index contributed by atoms with van der Waals surface area (Å²) < 4.78 is 1.92. The molecular weight excluding hydrogens is 248 g/mol. The maximum Gasteiger partial charge on any atom is 0.155 e. The summed E-state index contributed by atoms with van der Waals surface area (Å²) in [6, 6.07) is 0.409. The molecule has 2 aliphatic rings. The maximum atomic E-state index is 11.3. The van der Waals surface area contributed by atoms with E-state index in [0.717, 1.165) is 37.7 Å². The van der Waals surface area contributed by atoms with Crippen molar-refractivity contribution in [1.82, 2.24) is 9.78 Å². The van der Waals surface area contributed by atoms with E-state index in [-0.39, 0.29) is 0 Å². The third kappa shape index (κ3) is 1.99. The molecule has 0 unspecified atom stereocenters. The number of carbonyl (C=O) groups is 1. The minimum atomic E-state index is 0.409. The Morgan fingerprint density at radius 1 is 1.11 bits per heavy atom. The fraction of sp³-hybridized carbons (Fsp3) is 0.714. The Balaban J connectivity index is 1.97. The van der Waals surface area contributed by atoms with Crippen molar-refractivity contribution in [3.05, 3.63) is 16.4 Å². The van der Waals surface area contributed by atoms with Gasteiger partial charge in [0, 0.05) is 5.92 Å². The highest BCUT2D eigenvalue weighted by Crippen LogP contribution is 2.39. The predicted octanol–water partition coefficient (Wildman–Crippen LogP) is 4.12. The molecule has 4 heteroatoms. The van der Waals surface area contributed by atoms with Crippen LogP contribution in [-0.4, -0.2) is 16.1 Å². The lowest BCUT2D eigenvalue weighted by Gasteiger charge is -2.11. The van der Waals surface area contributed by atoms with Gasteiger partial charge in [0.15, 0.2) is 6.29 Å². The first-order valence-electron chi connectivity index (χ1n) is 7.04. The summed E-state index contributed by atoms with van der Waals surface area (Å²) in [7, 11) is 0. The van der Waals surface area contributed by atoms with E-state index in [1.807, 2.05) is 4.68 Å². The first-order chi connectivity index (χ1) is 8.81. The molecule has 2 saturated carbocycles. The molecule has 0 atom stereocenters. The van der Waals surface area contributed by atoms with Gasteiger partial charge >= 0.3 is 0 Å². The second-order valence-corrected chi connectivity index (χ2v) is 5.93. The zero-order chi connectivity index (χ0) is 12.5. The standard InChI is InChI=1S/C14H19ClN2O/c15-14-12(9-18)13(10-5-1-2-6-10)16-17(14)11-7-3-4-8-11/h9-11H,1-8H2. The average molecular weight is 267 g/mol. The largest absolute Gasteiger partial charge is 0.298 e. The lowest BCUT2D eigenvalue weighted by Crippen LogP contribution is -2.07. The van der Waals surface area contributed by atoms with Crippen molar-refractivity contribution < 1.29 is 4.79 Å². The average Bonchev–Trinajstić information content (AvgIpc) is 3.09. The quantitative estimate of drug-likeness (QED) is 0.772. The van der Waals surface area contributed by atoms with Crippen molar-refractivity contribution in [3.8, 4) is 0 Å². The van der Waals surface area contributed by atoms with Crippen LogP contribution in [0.2, 0.25) is 5.15 Å². The highest BCUT2D eigenvalue weighted by molar-refractivity contribution is 6.32. The van der Waals surface area contributed by atoms with E-state index in [2.05, 4.69) is 0 Å². The van der Waals surface area contributed by atoms with Crippen LogP contribution < -0.4 is 0 Å². The predicted molar refractivity (Wildman–Crippen MR) is 71.3 cm³/mol. The van der Waals surface area contributed by atoms with E-state index in [4.69, 9.17) is 16.7 Å². The number of halogens is 1. The topological polar surface area (TPSA) is 34.9 Å². The van der Waals surface area contributed by atoms with Crippen molar-refractivity contribution in [2.45, 2.75) is 63.3 Å². The van der Waals surface area contributed by atoms with Gasteiger partial charge in [-0.1, -0.05) is 37.3 Å². The highest BCUT2D eigenvalue weighted by atomic mass is 35.5. The number of hydrogen-bond acceptors (Lipinski definition) is 2. The molecule has 0 bridgehead atoms. The van der Waals surface area contributed by atoms with Gasteiger partial charge in [-0.3, -0.25) is 4.79 Å². The first-order valence-corrected chi connectivity index (χ1v) is 7.42. The molecule has 0 aromatic carbocycles. The first kappa shape index (κ1) is 12.2. The van der Waals surface area contributed by atoms with Crippen LogP contribution in [0, 0.1) is 0 Å². The molecule has 98 valence electrons. The molecule has 3 nitrogen and oxygen atoms in total. The smallest absolute Gasteiger partial charge is 0.155 e. The SMILES string of the molecule is O=Cc1c(C2CCCC2)nn(C2CCCC2)c1Cl. The van der Waals surface area contributed by atoms with Gasteiger partial charge in [-0.2, -0.15) is 5.10 Å². The van der Waals surface area contributed by atoms with Gasteiger partial charge in [0.25, 0.3) is 0 Å². The van der Waals surface area contributed by atoms with Gasteiger partial charge < -0.3 is 0 Å². The molecule has 1 aromatic rings. The summed E-state index contributed by atoms with van der Waals surface area (Å²) in [4.78, 5) is 11.3. The Bertz CT molecular complexity index is 443. The minimum Gasteiger partial charge on any atom is -0.298 e. The fourth-order valence-corrected chi connectivity index (χ4v) is 3.76. The number of hydrogen-bond donors (Lipinski definition) is 0. The summed E-state index contributed by atoms with van der Waals surface area (Å²) in [5.74, 6) is 0.449. The third-order valence-electron chi connectivity index (χ3n) is 4.45. The molecule has 0 amide bonds. The summed E-state index contributed by atoms with van der Waals surface area (Å²) in [5.41, 5.74) is 1.61. The Morgan fingerprint density at radius 2 is 1.72 bits per heavy atom. The van der Waals surface area contributed by atoms with Gasteiger partial charge in [0.2, 0.25) is 0 Å². The van der Waals surface area contributed by atoms with Crippen LogP contribution in [-0.2, 0) is 0 Å². The molecule has 0 N–H and O–H groups in total. The summed E-state index contributed by atoms with van der Waals surface area (Å²) in [6.07, 6.45) is 10.5. The third-order valence-corrected chi connectivity index (χ3v) is 4.82. The van der Waals surface area contributed by atoms with Crippen LogP contribution in [0.1, 0.15) is 79.4 Å². The Kier molecular flexibility index (Phi) is 3.42. The molecule has 0 saturated heterocycles. The van der Waals surface area contributed by atoms with Crippen molar-refractivity contribution in [2.24, 2.45) is 0 Å². The molecule has 0 spiro atoms. The molecule has 2 aliphatic carbocycles. The molecule has 1 aromatic heterocycles. The normalized spacial score (nSPS) is 21.8. The number of carbonyl (C=O) groups excluding carboxylic acids is 1. The van der Waals surface area contributed by atoms with Gasteiger partial charge in [-0.05, 0) is 25.7 Å². The van der Waals surface area contributed by atoms with Gasteiger partial charge in [0.1, 0.15) is 5.15 Å². The molecule has 0 aliphatic heterocycles. The summed E-state index contributed by atoms with van der Waals surface area (Å²) in [5, 5.41) is 5.27. The van der Waals surface area contributed by atoms with Gasteiger partial charge in [-0.25, -0.2) is 4.68 Å². The van der Waals surface area contributed by atoms with Crippen molar-refractivity contribution >= 4 is 17.9 Å². The van der Waals surface area contributed by atoms with Crippen LogP contribution in [0.25, 0.3) is 0 Å². The molecule has 3 rings (SSSR count). The molecule has 18 heavy (non-hydrogen) atoms. The van der Waals surface area contributed by atoms with Gasteiger partial charge in [0.05, 0.1) is 17.3 Å². The van der Waals surface area contributed by atoms with E-state index in [1.165, 1.54) is 25.7 Å². The molecular formula is C14H19ClN2O. The van der Waals surface area contributed by atoms with E-state index in [9.17, 15) is 4.79 Å². The molecule has 1 heterocycles. The molecule has 2 fully saturated rings. The van der Waals surface area contributed by atoms with Crippen molar-refractivity contribution in [1.29, 1.82) is 0 Å². The van der Waals surface area contributed by atoms with E-state index in [1.54, 1.807) is 0 Å². The Hall–Kier alpha value is -0.830. The number of rotatable bonds is 3. The maximum absolute atomic E-state index is 11.3. The zero-order valence-electron chi connectivity index (χ0n) is 10.6. The summed E-state index contributed by atoms with van der Waals surface area (Å²) in [6.45, 7) is 0. The van der Waals surface area contributed by atoms with Crippen molar-refractivity contribution in [2.75, 3.05) is 0 Å². The lowest BCUT2D eigenvalue weighted by atomic mass is 10.0. The second-order valence-electron chi connectivity index (χ2n) is 5.57. The zero-order valence-corrected chi connectivity index (χ0v) is 11.3. The van der Waals surface area contributed by atoms with Crippen LogP contribution in [0.15, 0.2) is 0 Å². The van der Waals surface area contributed by atoms with E-state index in [0.29, 0.717) is 22.7 Å². The Labute approximate surface area is 113 Å². The monoisotopic (exact) mass is 266 g/mol. The lowest BCUT2D eigenvalue weighted by molar-refractivity contribution is 0.112.